The summed E-state index contributed by atoms with van der Waals surface area (Å²) in [4.78, 5) is 11.9. The first-order valence-electron chi connectivity index (χ1n) is 6.02. The van der Waals surface area contributed by atoms with E-state index in [4.69, 9.17) is 11.6 Å². The van der Waals surface area contributed by atoms with Gasteiger partial charge >= 0.3 is 0 Å². The second-order valence-corrected chi connectivity index (χ2v) is 5.57. The Bertz CT molecular complexity index is 243. The lowest BCUT2D eigenvalue weighted by Gasteiger charge is -2.27. The van der Waals surface area contributed by atoms with E-state index in [9.17, 15) is 9.90 Å². The second-order valence-electron chi connectivity index (χ2n) is 5.30. The first-order valence-corrected chi connectivity index (χ1v) is 6.56. The molecule has 2 N–H and O–H groups in total. The summed E-state index contributed by atoms with van der Waals surface area (Å²) in [6, 6.07) is -0.0995. The van der Waals surface area contributed by atoms with Crippen molar-refractivity contribution in [2.24, 2.45) is 5.41 Å². The summed E-state index contributed by atoms with van der Waals surface area (Å²) in [6.45, 7) is 3.64. The zero-order valence-electron chi connectivity index (χ0n) is 10.1. The number of hydrogen-bond acceptors (Lipinski definition) is 2. The van der Waals surface area contributed by atoms with Crippen molar-refractivity contribution in [3.8, 4) is 0 Å². The van der Waals surface area contributed by atoms with Crippen LogP contribution >= 0.6 is 11.6 Å². The molecule has 0 aliphatic heterocycles. The highest BCUT2D eigenvalue weighted by atomic mass is 35.5. The molecule has 1 amide bonds. The summed E-state index contributed by atoms with van der Waals surface area (Å²) in [5.74, 6) is 0.232. The van der Waals surface area contributed by atoms with Crippen LogP contribution in [0.15, 0.2) is 0 Å². The SMILES string of the molecule is CC(C)(CCl)C(=O)NC1CCCCCC1O. The summed E-state index contributed by atoms with van der Waals surface area (Å²) in [5.41, 5.74) is -0.562. The van der Waals surface area contributed by atoms with E-state index in [0.717, 1.165) is 32.1 Å². The zero-order chi connectivity index (χ0) is 12.2. The summed E-state index contributed by atoms with van der Waals surface area (Å²) in [5, 5.41) is 12.8. The van der Waals surface area contributed by atoms with E-state index in [1.165, 1.54) is 0 Å². The van der Waals surface area contributed by atoms with Crippen molar-refractivity contribution in [2.75, 3.05) is 5.88 Å². The van der Waals surface area contributed by atoms with Crippen LogP contribution in [0.5, 0.6) is 0 Å². The standard InChI is InChI=1S/C12H22ClNO2/c1-12(2,8-13)11(16)14-9-6-4-3-5-7-10(9)15/h9-10,15H,3-8H2,1-2H3,(H,14,16). The molecule has 0 aromatic rings. The Morgan fingerprint density at radius 3 is 2.62 bits per heavy atom. The molecule has 0 heterocycles. The van der Waals surface area contributed by atoms with Gasteiger partial charge in [0.15, 0.2) is 0 Å². The number of carbonyl (C=O) groups is 1. The van der Waals surface area contributed by atoms with Crippen LogP contribution in [0.25, 0.3) is 0 Å². The Balaban J connectivity index is 2.54. The molecule has 0 radical (unpaired) electrons. The highest BCUT2D eigenvalue weighted by Crippen LogP contribution is 2.21. The fraction of sp³-hybridized carbons (Fsp3) is 0.917. The van der Waals surface area contributed by atoms with Gasteiger partial charge in [-0.3, -0.25) is 4.79 Å². The molecule has 1 saturated carbocycles. The molecule has 0 spiro atoms. The van der Waals surface area contributed by atoms with E-state index in [1.807, 2.05) is 13.8 Å². The van der Waals surface area contributed by atoms with Crippen molar-refractivity contribution in [3.05, 3.63) is 0 Å². The van der Waals surface area contributed by atoms with Crippen LogP contribution in [-0.2, 0) is 4.79 Å². The lowest BCUT2D eigenvalue weighted by molar-refractivity contribution is -0.130. The van der Waals surface area contributed by atoms with Gasteiger partial charge in [-0.15, -0.1) is 11.6 Å². The van der Waals surface area contributed by atoms with Gasteiger partial charge in [0.2, 0.25) is 5.91 Å². The summed E-state index contributed by atoms with van der Waals surface area (Å²) < 4.78 is 0. The Hall–Kier alpha value is -0.280. The fourth-order valence-corrected chi connectivity index (χ4v) is 2.00. The molecular formula is C12H22ClNO2. The van der Waals surface area contributed by atoms with Gasteiger partial charge in [-0.25, -0.2) is 0 Å². The molecule has 16 heavy (non-hydrogen) atoms. The summed E-state index contributed by atoms with van der Waals surface area (Å²) in [6.07, 6.45) is 4.51. The van der Waals surface area contributed by atoms with Gasteiger partial charge in [0.1, 0.15) is 0 Å². The maximum absolute atomic E-state index is 11.9. The molecule has 2 atom stereocenters. The number of alkyl halides is 1. The van der Waals surface area contributed by atoms with E-state index in [0.29, 0.717) is 5.88 Å². The number of nitrogens with one attached hydrogen (secondary N) is 1. The predicted molar refractivity (Wildman–Crippen MR) is 65.5 cm³/mol. The number of aliphatic hydroxyl groups is 1. The number of halogens is 1. The molecule has 2 unspecified atom stereocenters. The molecule has 94 valence electrons. The molecule has 1 fully saturated rings. The molecule has 0 saturated heterocycles. The minimum absolute atomic E-state index is 0.0616. The lowest BCUT2D eigenvalue weighted by atomic mass is 9.94. The molecule has 0 bridgehead atoms. The lowest BCUT2D eigenvalue weighted by Crippen LogP contribution is -2.48. The topological polar surface area (TPSA) is 49.3 Å². The summed E-state index contributed by atoms with van der Waals surface area (Å²) in [7, 11) is 0. The zero-order valence-corrected chi connectivity index (χ0v) is 10.9. The van der Waals surface area contributed by atoms with Crippen molar-refractivity contribution in [2.45, 2.75) is 58.1 Å². The number of rotatable bonds is 3. The highest BCUT2D eigenvalue weighted by molar-refractivity contribution is 6.19. The number of aliphatic hydroxyl groups excluding tert-OH is 1. The predicted octanol–water partition coefficient (Wildman–Crippen LogP) is 2.06. The average Bonchev–Trinajstić information content (AvgIpc) is 2.44. The van der Waals surface area contributed by atoms with Gasteiger partial charge in [-0.1, -0.05) is 19.3 Å². The molecule has 1 aliphatic rings. The van der Waals surface area contributed by atoms with Gasteiger partial charge in [-0.05, 0) is 26.7 Å². The molecule has 0 aromatic carbocycles. The Labute approximate surface area is 103 Å². The molecule has 4 heteroatoms. The minimum Gasteiger partial charge on any atom is -0.391 e. The largest absolute Gasteiger partial charge is 0.391 e. The van der Waals surface area contributed by atoms with Crippen molar-refractivity contribution < 1.29 is 9.90 Å². The molecule has 3 nitrogen and oxygen atoms in total. The van der Waals surface area contributed by atoms with Gasteiger partial charge in [-0.2, -0.15) is 0 Å². The fourth-order valence-electron chi connectivity index (χ4n) is 1.88. The van der Waals surface area contributed by atoms with Crippen LogP contribution < -0.4 is 5.32 Å². The molecule has 1 rings (SSSR count). The van der Waals surface area contributed by atoms with Crippen molar-refractivity contribution in [1.82, 2.24) is 5.32 Å². The minimum atomic E-state index is -0.562. The number of hydrogen-bond donors (Lipinski definition) is 2. The van der Waals surface area contributed by atoms with Gasteiger partial charge in [0.05, 0.1) is 17.6 Å². The third-order valence-electron chi connectivity index (χ3n) is 3.24. The van der Waals surface area contributed by atoms with E-state index < -0.39 is 11.5 Å². The van der Waals surface area contributed by atoms with E-state index in [1.54, 1.807) is 0 Å². The first kappa shape index (κ1) is 13.8. The van der Waals surface area contributed by atoms with Crippen molar-refractivity contribution in [3.63, 3.8) is 0 Å². The van der Waals surface area contributed by atoms with E-state index in [-0.39, 0.29) is 11.9 Å². The average molecular weight is 248 g/mol. The molecule has 1 aliphatic carbocycles. The third kappa shape index (κ3) is 3.63. The smallest absolute Gasteiger partial charge is 0.227 e. The van der Waals surface area contributed by atoms with Crippen LogP contribution in [0, 0.1) is 5.41 Å². The Kier molecular flexibility index (Phi) is 5.06. The quantitative estimate of drug-likeness (QED) is 0.593. The Morgan fingerprint density at radius 2 is 2.00 bits per heavy atom. The first-order chi connectivity index (χ1) is 7.47. The van der Waals surface area contributed by atoms with Crippen LogP contribution in [-0.4, -0.2) is 29.0 Å². The van der Waals surface area contributed by atoms with Crippen molar-refractivity contribution in [1.29, 1.82) is 0 Å². The number of amides is 1. The maximum Gasteiger partial charge on any atom is 0.227 e. The molecule has 0 aromatic heterocycles. The molecular weight excluding hydrogens is 226 g/mol. The van der Waals surface area contributed by atoms with Gasteiger partial charge in [0, 0.05) is 5.88 Å². The van der Waals surface area contributed by atoms with Crippen LogP contribution in [0.4, 0.5) is 0 Å². The van der Waals surface area contributed by atoms with Crippen LogP contribution in [0.3, 0.4) is 0 Å². The van der Waals surface area contributed by atoms with E-state index in [2.05, 4.69) is 5.32 Å². The third-order valence-corrected chi connectivity index (χ3v) is 3.91. The highest BCUT2D eigenvalue weighted by Gasteiger charge is 2.31. The van der Waals surface area contributed by atoms with Crippen LogP contribution in [0.1, 0.15) is 46.0 Å². The second kappa shape index (κ2) is 5.87. The summed E-state index contributed by atoms with van der Waals surface area (Å²) >= 11 is 5.75. The van der Waals surface area contributed by atoms with Crippen LogP contribution in [0.2, 0.25) is 0 Å². The number of carbonyl (C=O) groups excluding carboxylic acids is 1. The Morgan fingerprint density at radius 1 is 1.38 bits per heavy atom. The van der Waals surface area contributed by atoms with E-state index >= 15 is 0 Å². The van der Waals surface area contributed by atoms with Crippen molar-refractivity contribution >= 4 is 17.5 Å². The van der Waals surface area contributed by atoms with Gasteiger partial charge < -0.3 is 10.4 Å². The van der Waals surface area contributed by atoms with Gasteiger partial charge in [0.25, 0.3) is 0 Å². The monoisotopic (exact) mass is 247 g/mol. The maximum atomic E-state index is 11.9. The normalized spacial score (nSPS) is 27.2.